The van der Waals surface area contributed by atoms with E-state index in [1.165, 1.54) is 0 Å². The molecule has 1 spiro atoms. The SMILES string of the molecule is Cc1cccc(C(=O)N2CCC3(CC2)NC(=O)C[C@H]3c2ccncc2)c1. The highest BCUT2D eigenvalue weighted by atomic mass is 16.2. The van der Waals surface area contributed by atoms with Gasteiger partial charge in [-0.25, -0.2) is 0 Å². The van der Waals surface area contributed by atoms with Crippen molar-refractivity contribution in [3.63, 3.8) is 0 Å². The van der Waals surface area contributed by atoms with Crippen molar-refractivity contribution in [1.29, 1.82) is 0 Å². The van der Waals surface area contributed by atoms with Gasteiger partial charge in [0.05, 0.1) is 5.54 Å². The minimum atomic E-state index is -0.248. The largest absolute Gasteiger partial charge is 0.350 e. The van der Waals surface area contributed by atoms with Gasteiger partial charge in [-0.2, -0.15) is 0 Å². The van der Waals surface area contributed by atoms with Crippen LogP contribution in [0.25, 0.3) is 0 Å². The second-order valence-corrected chi connectivity index (χ2v) is 7.40. The summed E-state index contributed by atoms with van der Waals surface area (Å²) in [4.78, 5) is 31.0. The zero-order valence-corrected chi connectivity index (χ0v) is 14.9. The standard InChI is InChI=1S/C21H23N3O2/c1-15-3-2-4-17(13-15)20(26)24-11-7-21(8-12-24)18(14-19(25)23-21)16-5-9-22-10-6-16/h2-6,9-10,13,18H,7-8,11-12,14H2,1H3,(H,23,25)/t18-/m0/s1. The lowest BCUT2D eigenvalue weighted by molar-refractivity contribution is -0.120. The third-order valence-corrected chi connectivity index (χ3v) is 5.76. The van der Waals surface area contributed by atoms with Crippen molar-refractivity contribution in [3.8, 4) is 0 Å². The van der Waals surface area contributed by atoms with Gasteiger partial charge in [0, 0.05) is 43.4 Å². The van der Waals surface area contributed by atoms with E-state index in [9.17, 15) is 9.59 Å². The first-order chi connectivity index (χ1) is 12.6. The number of aryl methyl sites for hydroxylation is 1. The molecule has 134 valence electrons. The van der Waals surface area contributed by atoms with E-state index >= 15 is 0 Å². The summed E-state index contributed by atoms with van der Waals surface area (Å²) in [6, 6.07) is 11.7. The molecular weight excluding hydrogens is 326 g/mol. The van der Waals surface area contributed by atoms with Gasteiger partial charge in [-0.05, 0) is 49.6 Å². The van der Waals surface area contributed by atoms with E-state index in [0.29, 0.717) is 19.5 Å². The maximum Gasteiger partial charge on any atom is 0.253 e. The molecule has 0 radical (unpaired) electrons. The lowest BCUT2D eigenvalue weighted by Crippen LogP contribution is -2.54. The van der Waals surface area contributed by atoms with Gasteiger partial charge < -0.3 is 10.2 Å². The van der Waals surface area contributed by atoms with Crippen molar-refractivity contribution >= 4 is 11.8 Å². The molecule has 1 aromatic carbocycles. The Bertz CT molecular complexity index is 826. The molecule has 0 saturated carbocycles. The van der Waals surface area contributed by atoms with Gasteiger partial charge in [0.15, 0.2) is 0 Å². The third-order valence-electron chi connectivity index (χ3n) is 5.76. The van der Waals surface area contributed by atoms with Crippen molar-refractivity contribution in [2.45, 2.75) is 37.6 Å². The molecule has 0 aliphatic carbocycles. The first-order valence-corrected chi connectivity index (χ1v) is 9.14. The van der Waals surface area contributed by atoms with Gasteiger partial charge in [-0.3, -0.25) is 14.6 Å². The number of hydrogen-bond acceptors (Lipinski definition) is 3. The minimum absolute atomic E-state index is 0.0772. The summed E-state index contributed by atoms with van der Waals surface area (Å²) in [6.07, 6.45) is 5.63. The first-order valence-electron chi connectivity index (χ1n) is 9.14. The zero-order valence-electron chi connectivity index (χ0n) is 14.9. The average Bonchev–Trinajstić information content (AvgIpc) is 2.98. The summed E-state index contributed by atoms with van der Waals surface area (Å²) in [6.45, 7) is 3.32. The number of benzene rings is 1. The molecule has 1 N–H and O–H groups in total. The fourth-order valence-electron chi connectivity index (χ4n) is 4.37. The lowest BCUT2D eigenvalue weighted by Gasteiger charge is -2.43. The first kappa shape index (κ1) is 16.8. The van der Waals surface area contributed by atoms with Crippen LogP contribution in [0.3, 0.4) is 0 Å². The van der Waals surface area contributed by atoms with Crippen LogP contribution in [0, 0.1) is 6.92 Å². The van der Waals surface area contributed by atoms with Crippen LogP contribution < -0.4 is 5.32 Å². The van der Waals surface area contributed by atoms with Crippen LogP contribution in [-0.2, 0) is 4.79 Å². The number of carbonyl (C=O) groups is 2. The third kappa shape index (κ3) is 2.98. The summed E-state index contributed by atoms with van der Waals surface area (Å²) in [7, 11) is 0. The number of rotatable bonds is 2. The van der Waals surface area contributed by atoms with Gasteiger partial charge in [0.2, 0.25) is 5.91 Å². The normalized spacial score (nSPS) is 21.7. The molecule has 4 rings (SSSR count). The van der Waals surface area contributed by atoms with E-state index in [0.717, 1.165) is 29.5 Å². The summed E-state index contributed by atoms with van der Waals surface area (Å²) >= 11 is 0. The molecule has 26 heavy (non-hydrogen) atoms. The van der Waals surface area contributed by atoms with E-state index in [1.54, 1.807) is 12.4 Å². The van der Waals surface area contributed by atoms with Gasteiger partial charge in [0.25, 0.3) is 5.91 Å². The molecule has 5 nitrogen and oxygen atoms in total. The number of nitrogens with one attached hydrogen (secondary N) is 1. The van der Waals surface area contributed by atoms with E-state index in [2.05, 4.69) is 10.3 Å². The molecule has 2 amide bonds. The second-order valence-electron chi connectivity index (χ2n) is 7.40. The minimum Gasteiger partial charge on any atom is -0.350 e. The number of piperidine rings is 1. The molecule has 2 aliphatic rings. The van der Waals surface area contributed by atoms with Crippen LogP contribution in [0.5, 0.6) is 0 Å². The average molecular weight is 349 g/mol. The predicted molar refractivity (Wildman–Crippen MR) is 98.8 cm³/mol. The Kier molecular flexibility index (Phi) is 4.23. The number of amides is 2. The molecule has 1 atom stereocenters. The zero-order chi connectivity index (χ0) is 18.1. The molecule has 2 fully saturated rings. The topological polar surface area (TPSA) is 62.3 Å². The van der Waals surface area contributed by atoms with Crippen molar-refractivity contribution in [1.82, 2.24) is 15.2 Å². The van der Waals surface area contributed by atoms with E-state index in [1.807, 2.05) is 48.2 Å². The molecular formula is C21H23N3O2. The van der Waals surface area contributed by atoms with Crippen molar-refractivity contribution < 1.29 is 9.59 Å². The molecule has 2 saturated heterocycles. The molecule has 3 heterocycles. The molecule has 0 unspecified atom stereocenters. The van der Waals surface area contributed by atoms with Crippen LogP contribution in [0.4, 0.5) is 0 Å². The van der Waals surface area contributed by atoms with Crippen LogP contribution in [0.2, 0.25) is 0 Å². The number of pyridine rings is 1. The van der Waals surface area contributed by atoms with Gasteiger partial charge in [-0.1, -0.05) is 17.7 Å². The number of aromatic nitrogens is 1. The maximum atomic E-state index is 12.8. The Morgan fingerprint density at radius 3 is 2.62 bits per heavy atom. The summed E-state index contributed by atoms with van der Waals surface area (Å²) < 4.78 is 0. The van der Waals surface area contributed by atoms with Crippen molar-refractivity contribution in [2.75, 3.05) is 13.1 Å². The Hall–Kier alpha value is -2.69. The number of hydrogen-bond donors (Lipinski definition) is 1. The Balaban J connectivity index is 1.51. The van der Waals surface area contributed by atoms with Crippen LogP contribution in [-0.4, -0.2) is 40.3 Å². The fraction of sp³-hybridized carbons (Fsp3) is 0.381. The van der Waals surface area contributed by atoms with E-state index < -0.39 is 0 Å². The van der Waals surface area contributed by atoms with Crippen LogP contribution >= 0.6 is 0 Å². The van der Waals surface area contributed by atoms with Gasteiger partial charge in [0.1, 0.15) is 0 Å². The lowest BCUT2D eigenvalue weighted by atomic mass is 9.74. The van der Waals surface area contributed by atoms with Crippen molar-refractivity contribution in [2.24, 2.45) is 0 Å². The fourth-order valence-corrected chi connectivity index (χ4v) is 4.37. The Morgan fingerprint density at radius 1 is 1.19 bits per heavy atom. The highest BCUT2D eigenvalue weighted by Crippen LogP contribution is 2.43. The molecule has 0 bridgehead atoms. The molecule has 2 aliphatic heterocycles. The number of likely N-dealkylation sites (tertiary alicyclic amines) is 1. The van der Waals surface area contributed by atoms with Gasteiger partial charge in [-0.15, -0.1) is 0 Å². The van der Waals surface area contributed by atoms with Gasteiger partial charge >= 0.3 is 0 Å². The quantitative estimate of drug-likeness (QED) is 0.907. The summed E-state index contributed by atoms with van der Waals surface area (Å²) in [5, 5.41) is 3.23. The summed E-state index contributed by atoms with van der Waals surface area (Å²) in [5.41, 5.74) is 2.73. The highest BCUT2D eigenvalue weighted by molar-refractivity contribution is 5.94. The van der Waals surface area contributed by atoms with Crippen molar-refractivity contribution in [3.05, 3.63) is 65.5 Å². The van der Waals surface area contributed by atoms with E-state index in [-0.39, 0.29) is 23.3 Å². The summed E-state index contributed by atoms with van der Waals surface area (Å²) in [5.74, 6) is 0.327. The highest BCUT2D eigenvalue weighted by Gasteiger charge is 2.49. The Morgan fingerprint density at radius 2 is 1.92 bits per heavy atom. The number of carbonyl (C=O) groups excluding carboxylic acids is 2. The van der Waals surface area contributed by atoms with Crippen LogP contribution in [0.15, 0.2) is 48.8 Å². The van der Waals surface area contributed by atoms with Crippen LogP contribution in [0.1, 0.15) is 46.7 Å². The predicted octanol–water partition coefficient (Wildman–Crippen LogP) is 2.67. The number of nitrogens with zero attached hydrogens (tertiary/aromatic N) is 2. The molecule has 2 aromatic rings. The second kappa shape index (κ2) is 6.56. The smallest absolute Gasteiger partial charge is 0.253 e. The van der Waals surface area contributed by atoms with E-state index in [4.69, 9.17) is 0 Å². The Labute approximate surface area is 153 Å². The molecule has 1 aromatic heterocycles. The monoisotopic (exact) mass is 349 g/mol. The maximum absolute atomic E-state index is 12.8. The molecule has 5 heteroatoms.